The molecule has 1 atom stereocenters. The predicted molar refractivity (Wildman–Crippen MR) is 96.7 cm³/mol. The van der Waals surface area contributed by atoms with Gasteiger partial charge in [0.25, 0.3) is 5.91 Å². The molecule has 2 heterocycles. The first-order chi connectivity index (χ1) is 12.1. The molecule has 0 bridgehead atoms. The lowest BCUT2D eigenvalue weighted by Crippen LogP contribution is -2.47. The number of piperidine rings is 1. The highest BCUT2D eigenvalue weighted by molar-refractivity contribution is 5.91. The zero-order valence-electron chi connectivity index (χ0n) is 15.0. The first-order valence-electron chi connectivity index (χ1n) is 8.88. The molecule has 0 saturated carbocycles. The molecular formula is C20H26N2O3. The van der Waals surface area contributed by atoms with Crippen molar-refractivity contribution in [2.24, 2.45) is 5.73 Å². The second-order valence-electron chi connectivity index (χ2n) is 6.71. The maximum atomic E-state index is 12.7. The smallest absolute Gasteiger partial charge is 0.289 e. The Morgan fingerprint density at radius 3 is 2.88 bits per heavy atom. The van der Waals surface area contributed by atoms with Gasteiger partial charge in [-0.15, -0.1) is 0 Å². The van der Waals surface area contributed by atoms with Gasteiger partial charge in [0.05, 0.1) is 0 Å². The number of likely N-dealkylation sites (tertiary alicyclic amines) is 1. The van der Waals surface area contributed by atoms with Crippen molar-refractivity contribution in [2.45, 2.75) is 45.8 Å². The number of ether oxygens (including phenoxy) is 1. The number of hydrogen-bond donors (Lipinski definition) is 1. The van der Waals surface area contributed by atoms with E-state index in [1.807, 2.05) is 24.0 Å². The van der Waals surface area contributed by atoms with Crippen LogP contribution in [-0.4, -0.2) is 29.9 Å². The largest absolute Gasteiger partial charge is 0.485 e. The van der Waals surface area contributed by atoms with Crippen LogP contribution in [0.25, 0.3) is 0 Å². The van der Waals surface area contributed by atoms with Crippen LogP contribution in [0.15, 0.2) is 34.7 Å². The van der Waals surface area contributed by atoms with E-state index < -0.39 is 0 Å². The van der Waals surface area contributed by atoms with Gasteiger partial charge >= 0.3 is 0 Å². The number of nitrogens with zero attached hydrogens (tertiary/aromatic N) is 1. The Bertz CT molecular complexity index is 738. The average molecular weight is 342 g/mol. The third kappa shape index (κ3) is 4.04. The topological polar surface area (TPSA) is 68.7 Å². The summed E-state index contributed by atoms with van der Waals surface area (Å²) < 4.78 is 11.5. The minimum atomic E-state index is -0.0760. The van der Waals surface area contributed by atoms with E-state index in [0.29, 0.717) is 24.7 Å². The molecule has 1 aliphatic rings. The van der Waals surface area contributed by atoms with Crippen LogP contribution in [0.3, 0.4) is 0 Å². The molecular weight excluding hydrogens is 316 g/mol. The van der Waals surface area contributed by atoms with Gasteiger partial charge in [-0.05, 0) is 56.9 Å². The molecule has 1 saturated heterocycles. The quantitative estimate of drug-likeness (QED) is 0.904. The lowest BCUT2D eigenvalue weighted by atomic mass is 10.0. The molecule has 1 amide bonds. The Morgan fingerprint density at radius 1 is 1.28 bits per heavy atom. The number of amides is 1. The Hall–Kier alpha value is -2.27. The van der Waals surface area contributed by atoms with Crippen LogP contribution in [0, 0.1) is 13.8 Å². The summed E-state index contributed by atoms with van der Waals surface area (Å²) in [5, 5.41) is 0. The summed E-state index contributed by atoms with van der Waals surface area (Å²) in [6, 6.07) is 9.70. The van der Waals surface area contributed by atoms with Gasteiger partial charge in [-0.3, -0.25) is 4.79 Å². The molecule has 1 aliphatic heterocycles. The molecule has 0 spiro atoms. The molecule has 1 aromatic carbocycles. The Balaban J connectivity index is 1.64. The van der Waals surface area contributed by atoms with Gasteiger partial charge in [0, 0.05) is 19.1 Å². The molecule has 134 valence electrons. The van der Waals surface area contributed by atoms with Crippen molar-refractivity contribution in [1.82, 2.24) is 4.90 Å². The van der Waals surface area contributed by atoms with Gasteiger partial charge in [0.15, 0.2) is 5.76 Å². The molecule has 25 heavy (non-hydrogen) atoms. The highest BCUT2D eigenvalue weighted by Gasteiger charge is 2.28. The number of carbonyl (C=O) groups is 1. The number of rotatable bonds is 5. The number of hydrogen-bond acceptors (Lipinski definition) is 4. The third-order valence-corrected chi connectivity index (χ3v) is 4.73. The van der Waals surface area contributed by atoms with Gasteiger partial charge < -0.3 is 19.8 Å². The maximum absolute atomic E-state index is 12.7. The maximum Gasteiger partial charge on any atom is 0.289 e. The van der Waals surface area contributed by atoms with Crippen LogP contribution >= 0.6 is 0 Å². The number of carbonyl (C=O) groups excluding carboxylic acids is 1. The minimum Gasteiger partial charge on any atom is -0.485 e. The summed E-state index contributed by atoms with van der Waals surface area (Å²) in [5.41, 5.74) is 8.09. The minimum absolute atomic E-state index is 0.0760. The fraction of sp³-hybridized carbons (Fsp3) is 0.450. The second kappa shape index (κ2) is 7.74. The van der Waals surface area contributed by atoms with Gasteiger partial charge in [-0.25, -0.2) is 0 Å². The van der Waals surface area contributed by atoms with E-state index >= 15 is 0 Å². The Morgan fingerprint density at radius 2 is 2.12 bits per heavy atom. The molecule has 0 radical (unpaired) electrons. The van der Waals surface area contributed by atoms with Crippen molar-refractivity contribution in [3.05, 3.63) is 53.0 Å². The van der Waals surface area contributed by atoms with Gasteiger partial charge in [0.1, 0.15) is 18.1 Å². The van der Waals surface area contributed by atoms with Crippen LogP contribution in [0.5, 0.6) is 5.75 Å². The van der Waals surface area contributed by atoms with Crippen LogP contribution in [0.2, 0.25) is 0 Å². The summed E-state index contributed by atoms with van der Waals surface area (Å²) in [6.45, 7) is 5.61. The first-order valence-corrected chi connectivity index (χ1v) is 8.88. The van der Waals surface area contributed by atoms with Crippen molar-refractivity contribution in [2.75, 3.05) is 13.1 Å². The van der Waals surface area contributed by atoms with Crippen LogP contribution in [0.1, 0.15) is 46.7 Å². The fourth-order valence-electron chi connectivity index (χ4n) is 3.34. The van der Waals surface area contributed by atoms with Crippen LogP contribution in [-0.2, 0) is 6.61 Å². The Labute approximate surface area is 148 Å². The van der Waals surface area contributed by atoms with Crippen molar-refractivity contribution < 1.29 is 13.9 Å². The first kappa shape index (κ1) is 17.5. The number of furan rings is 1. The van der Waals surface area contributed by atoms with Gasteiger partial charge in [0.2, 0.25) is 0 Å². The zero-order chi connectivity index (χ0) is 17.8. The van der Waals surface area contributed by atoms with Crippen LogP contribution < -0.4 is 10.5 Å². The van der Waals surface area contributed by atoms with Crippen molar-refractivity contribution in [3.63, 3.8) is 0 Å². The molecule has 5 nitrogen and oxygen atoms in total. The van der Waals surface area contributed by atoms with E-state index in [1.165, 1.54) is 5.56 Å². The molecule has 5 heteroatoms. The van der Waals surface area contributed by atoms with E-state index in [2.05, 4.69) is 13.0 Å². The average Bonchev–Trinajstić information content (AvgIpc) is 3.09. The highest BCUT2D eigenvalue weighted by atomic mass is 16.5. The highest BCUT2D eigenvalue weighted by Crippen LogP contribution is 2.22. The standard InChI is InChI=1S/C20H26N2O3/c1-14-6-8-18(15(2)11-14)24-13-17-7-9-19(25-17)20(23)22-10-4-3-5-16(22)12-21/h6-9,11,16H,3-5,10,12-13,21H2,1-2H3. The monoisotopic (exact) mass is 342 g/mol. The molecule has 3 rings (SSSR count). The molecule has 1 unspecified atom stereocenters. The van der Waals surface area contributed by atoms with E-state index in [0.717, 1.165) is 37.1 Å². The van der Waals surface area contributed by atoms with Crippen LogP contribution in [0.4, 0.5) is 0 Å². The lowest BCUT2D eigenvalue weighted by Gasteiger charge is -2.34. The SMILES string of the molecule is Cc1ccc(OCc2ccc(C(=O)N3CCCCC3CN)o2)c(C)c1. The second-order valence-corrected chi connectivity index (χ2v) is 6.71. The van der Waals surface area contributed by atoms with Crippen molar-refractivity contribution in [1.29, 1.82) is 0 Å². The number of benzene rings is 1. The molecule has 2 N–H and O–H groups in total. The summed E-state index contributed by atoms with van der Waals surface area (Å²) in [6.07, 6.45) is 3.11. The third-order valence-electron chi connectivity index (χ3n) is 4.73. The fourth-order valence-corrected chi connectivity index (χ4v) is 3.34. The molecule has 1 aromatic heterocycles. The molecule has 2 aromatic rings. The van der Waals surface area contributed by atoms with Crippen molar-refractivity contribution in [3.8, 4) is 5.75 Å². The lowest BCUT2D eigenvalue weighted by molar-refractivity contribution is 0.0587. The number of aryl methyl sites for hydroxylation is 2. The summed E-state index contributed by atoms with van der Waals surface area (Å²) >= 11 is 0. The normalized spacial score (nSPS) is 17.6. The van der Waals surface area contributed by atoms with Gasteiger partial charge in [-0.1, -0.05) is 17.7 Å². The van der Waals surface area contributed by atoms with Crippen molar-refractivity contribution >= 4 is 5.91 Å². The van der Waals surface area contributed by atoms with E-state index in [-0.39, 0.29) is 11.9 Å². The summed E-state index contributed by atoms with van der Waals surface area (Å²) in [7, 11) is 0. The van der Waals surface area contributed by atoms with Gasteiger partial charge in [-0.2, -0.15) is 0 Å². The molecule has 0 aliphatic carbocycles. The summed E-state index contributed by atoms with van der Waals surface area (Å²) in [5.74, 6) is 1.76. The Kier molecular flexibility index (Phi) is 5.43. The van der Waals surface area contributed by atoms with E-state index in [9.17, 15) is 4.79 Å². The predicted octanol–water partition coefficient (Wildman–Crippen LogP) is 3.43. The van der Waals surface area contributed by atoms with E-state index in [4.69, 9.17) is 14.9 Å². The van der Waals surface area contributed by atoms with E-state index in [1.54, 1.807) is 12.1 Å². The zero-order valence-corrected chi connectivity index (χ0v) is 15.0. The molecule has 1 fully saturated rings. The summed E-state index contributed by atoms with van der Waals surface area (Å²) in [4.78, 5) is 14.5. The number of nitrogens with two attached hydrogens (primary N) is 1.